The number of nitrogens with one attached hydrogen (secondary N) is 1. The van der Waals surface area contributed by atoms with Gasteiger partial charge in [0.05, 0.1) is 13.2 Å². The highest BCUT2D eigenvalue weighted by Crippen LogP contribution is 2.15. The molecule has 1 aliphatic rings. The number of carbonyl (C=O) groups excluding carboxylic acids is 1. The van der Waals surface area contributed by atoms with Crippen molar-refractivity contribution in [3.8, 4) is 0 Å². The average molecular weight is 187 g/mol. The van der Waals surface area contributed by atoms with Gasteiger partial charge >= 0.3 is 0 Å². The number of carbonyl (C=O) groups is 1. The monoisotopic (exact) mass is 187 g/mol. The minimum absolute atomic E-state index is 0.0535. The minimum Gasteiger partial charge on any atom is -0.381 e. The van der Waals surface area contributed by atoms with E-state index in [1.807, 2.05) is 20.8 Å². The van der Waals surface area contributed by atoms with E-state index in [1.54, 1.807) is 6.92 Å². The first kappa shape index (κ1) is 12.4. The van der Waals surface area contributed by atoms with E-state index in [9.17, 15) is 4.79 Å². The van der Waals surface area contributed by atoms with Crippen molar-refractivity contribution >= 4 is 5.91 Å². The van der Waals surface area contributed by atoms with Crippen LogP contribution in [-0.2, 0) is 9.53 Å². The highest BCUT2D eigenvalue weighted by atomic mass is 16.5. The molecule has 0 aromatic heterocycles. The van der Waals surface area contributed by atoms with Crippen LogP contribution >= 0.6 is 0 Å². The zero-order chi connectivity index (χ0) is 10.3. The molecule has 0 aliphatic carbocycles. The normalized spacial score (nSPS) is 17.8. The van der Waals surface area contributed by atoms with Crippen molar-refractivity contribution in [2.24, 2.45) is 5.92 Å². The Morgan fingerprint density at radius 2 is 2.08 bits per heavy atom. The molecule has 1 N–H and O–H groups in total. The van der Waals surface area contributed by atoms with Gasteiger partial charge in [-0.15, -0.1) is 0 Å². The van der Waals surface area contributed by atoms with E-state index in [0.29, 0.717) is 12.0 Å². The third-order valence-corrected chi connectivity index (χ3v) is 1.84. The van der Waals surface area contributed by atoms with Gasteiger partial charge in [-0.05, 0) is 13.3 Å². The number of rotatable bonds is 3. The van der Waals surface area contributed by atoms with Crippen molar-refractivity contribution in [3.63, 3.8) is 0 Å². The molecule has 3 nitrogen and oxygen atoms in total. The fourth-order valence-corrected chi connectivity index (χ4v) is 1.33. The maximum atomic E-state index is 10.6. The highest BCUT2D eigenvalue weighted by molar-refractivity contribution is 5.73. The van der Waals surface area contributed by atoms with Gasteiger partial charge in [0.25, 0.3) is 0 Å². The lowest BCUT2D eigenvalue weighted by Crippen LogP contribution is -2.37. The van der Waals surface area contributed by atoms with Crippen molar-refractivity contribution in [2.45, 2.75) is 40.2 Å². The van der Waals surface area contributed by atoms with Crippen molar-refractivity contribution in [1.29, 1.82) is 0 Å². The molecule has 0 aromatic rings. The lowest BCUT2D eigenvalue weighted by molar-refractivity contribution is -0.120. The first-order valence-electron chi connectivity index (χ1n) is 5.03. The van der Waals surface area contributed by atoms with Crippen LogP contribution in [0.4, 0.5) is 0 Å². The Bertz CT molecular complexity index is 144. The number of hydrogen-bond donors (Lipinski definition) is 1. The fraction of sp³-hybridized carbons (Fsp3) is 0.900. The molecule has 0 radical (unpaired) electrons. The van der Waals surface area contributed by atoms with Gasteiger partial charge in [-0.1, -0.05) is 13.8 Å². The van der Waals surface area contributed by atoms with Gasteiger partial charge in [0.15, 0.2) is 0 Å². The standard InChI is InChI=1S/C8H15NO2.C2H6/c1-6(9-7(2)10)3-8-4-11-5-8;1-2/h6,8H,3-5H2,1-2H3,(H,9,10);1-2H3. The van der Waals surface area contributed by atoms with Crippen molar-refractivity contribution < 1.29 is 9.53 Å². The Morgan fingerprint density at radius 1 is 1.54 bits per heavy atom. The van der Waals surface area contributed by atoms with Crippen molar-refractivity contribution in [1.82, 2.24) is 5.32 Å². The summed E-state index contributed by atoms with van der Waals surface area (Å²) in [5.74, 6) is 0.717. The van der Waals surface area contributed by atoms with E-state index >= 15 is 0 Å². The van der Waals surface area contributed by atoms with Crippen LogP contribution in [0.25, 0.3) is 0 Å². The Labute approximate surface area is 80.8 Å². The summed E-state index contributed by atoms with van der Waals surface area (Å²) in [4.78, 5) is 10.6. The van der Waals surface area contributed by atoms with Crippen LogP contribution in [0.2, 0.25) is 0 Å². The molecule has 1 saturated heterocycles. The minimum atomic E-state index is 0.0535. The van der Waals surface area contributed by atoms with Crippen LogP contribution in [0.5, 0.6) is 0 Å². The molecule has 1 atom stereocenters. The van der Waals surface area contributed by atoms with E-state index in [4.69, 9.17) is 4.74 Å². The number of amides is 1. The molecule has 0 aromatic carbocycles. The van der Waals surface area contributed by atoms with E-state index in [2.05, 4.69) is 5.32 Å². The first-order chi connectivity index (χ1) is 6.18. The topological polar surface area (TPSA) is 38.3 Å². The molecule has 78 valence electrons. The molecular weight excluding hydrogens is 166 g/mol. The molecule has 13 heavy (non-hydrogen) atoms. The number of hydrogen-bond acceptors (Lipinski definition) is 2. The third kappa shape index (κ3) is 5.64. The molecular formula is C10H21NO2. The second-order valence-corrected chi connectivity index (χ2v) is 3.24. The van der Waals surface area contributed by atoms with Crippen molar-refractivity contribution in [2.75, 3.05) is 13.2 Å². The SMILES string of the molecule is CC.CC(=O)NC(C)CC1COC1. The third-order valence-electron chi connectivity index (χ3n) is 1.84. The molecule has 0 bridgehead atoms. The summed E-state index contributed by atoms with van der Waals surface area (Å²) in [6, 6.07) is 0.293. The van der Waals surface area contributed by atoms with E-state index in [0.717, 1.165) is 19.6 Å². The van der Waals surface area contributed by atoms with Crippen LogP contribution in [0.15, 0.2) is 0 Å². The molecule has 1 amide bonds. The Balaban J connectivity index is 0.000000671. The van der Waals surface area contributed by atoms with Gasteiger partial charge in [-0.2, -0.15) is 0 Å². The highest BCUT2D eigenvalue weighted by Gasteiger charge is 2.20. The average Bonchev–Trinajstić information content (AvgIpc) is 2.00. The molecule has 0 saturated carbocycles. The summed E-state index contributed by atoms with van der Waals surface area (Å²) in [5, 5.41) is 2.85. The first-order valence-corrected chi connectivity index (χ1v) is 5.03. The maximum absolute atomic E-state index is 10.6. The van der Waals surface area contributed by atoms with Crippen LogP contribution in [0.3, 0.4) is 0 Å². The van der Waals surface area contributed by atoms with E-state index < -0.39 is 0 Å². The quantitative estimate of drug-likeness (QED) is 0.728. The zero-order valence-electron chi connectivity index (χ0n) is 9.09. The molecule has 3 heteroatoms. The van der Waals surface area contributed by atoms with E-state index in [1.165, 1.54) is 0 Å². The molecule has 1 rings (SSSR count). The lowest BCUT2D eigenvalue weighted by atomic mass is 9.99. The summed E-state index contributed by atoms with van der Waals surface area (Å²) in [7, 11) is 0. The van der Waals surface area contributed by atoms with Gasteiger partial charge in [-0.25, -0.2) is 0 Å². The maximum Gasteiger partial charge on any atom is 0.217 e. The van der Waals surface area contributed by atoms with Gasteiger partial charge in [-0.3, -0.25) is 4.79 Å². The predicted octanol–water partition coefficient (Wildman–Crippen LogP) is 1.57. The van der Waals surface area contributed by atoms with Gasteiger partial charge in [0.1, 0.15) is 0 Å². The summed E-state index contributed by atoms with van der Waals surface area (Å²) in [6.45, 7) is 9.31. The van der Waals surface area contributed by atoms with Gasteiger partial charge in [0.2, 0.25) is 5.91 Å². The fourth-order valence-electron chi connectivity index (χ4n) is 1.33. The summed E-state index contributed by atoms with van der Waals surface area (Å²) in [6.07, 6.45) is 1.04. The molecule has 0 spiro atoms. The van der Waals surface area contributed by atoms with Crippen LogP contribution in [0, 0.1) is 5.92 Å². The Hall–Kier alpha value is -0.570. The Morgan fingerprint density at radius 3 is 2.38 bits per heavy atom. The Kier molecular flexibility index (Phi) is 6.59. The predicted molar refractivity (Wildman–Crippen MR) is 53.6 cm³/mol. The molecule has 1 heterocycles. The lowest BCUT2D eigenvalue weighted by Gasteiger charge is -2.28. The van der Waals surface area contributed by atoms with Crippen molar-refractivity contribution in [3.05, 3.63) is 0 Å². The zero-order valence-corrected chi connectivity index (χ0v) is 9.09. The summed E-state index contributed by atoms with van der Waals surface area (Å²) < 4.78 is 5.03. The molecule has 1 fully saturated rings. The van der Waals surface area contributed by atoms with Gasteiger partial charge < -0.3 is 10.1 Å². The number of ether oxygens (including phenoxy) is 1. The second kappa shape index (κ2) is 6.89. The smallest absolute Gasteiger partial charge is 0.217 e. The molecule has 1 aliphatic heterocycles. The molecule has 1 unspecified atom stereocenters. The van der Waals surface area contributed by atoms with Crippen LogP contribution < -0.4 is 5.32 Å². The van der Waals surface area contributed by atoms with Crippen LogP contribution in [0.1, 0.15) is 34.1 Å². The van der Waals surface area contributed by atoms with E-state index in [-0.39, 0.29) is 5.91 Å². The van der Waals surface area contributed by atoms with Crippen LogP contribution in [-0.4, -0.2) is 25.2 Å². The summed E-state index contributed by atoms with van der Waals surface area (Å²) >= 11 is 0. The summed E-state index contributed by atoms with van der Waals surface area (Å²) in [5.41, 5.74) is 0. The largest absolute Gasteiger partial charge is 0.381 e. The van der Waals surface area contributed by atoms with Gasteiger partial charge in [0, 0.05) is 18.9 Å². The second-order valence-electron chi connectivity index (χ2n) is 3.24.